The largest absolute Gasteiger partial charge is 0.497 e. The number of amides is 2. The molecule has 0 aliphatic carbocycles. The van der Waals surface area contributed by atoms with Gasteiger partial charge in [0.1, 0.15) is 11.6 Å². The summed E-state index contributed by atoms with van der Waals surface area (Å²) in [5.41, 5.74) is 5.50. The molecule has 172 valence electrons. The normalized spacial score (nSPS) is 12.6. The Bertz CT molecular complexity index is 1410. The summed E-state index contributed by atoms with van der Waals surface area (Å²) in [7, 11) is 3.58. The summed E-state index contributed by atoms with van der Waals surface area (Å²) in [6.07, 6.45) is 1.61. The summed E-state index contributed by atoms with van der Waals surface area (Å²) in [5.74, 6) is 1.40. The molecule has 0 saturated heterocycles. The van der Waals surface area contributed by atoms with Gasteiger partial charge >= 0.3 is 0 Å². The number of imidazole rings is 1. The van der Waals surface area contributed by atoms with Crippen LogP contribution in [0.3, 0.4) is 0 Å². The predicted octanol–water partition coefficient (Wildman–Crippen LogP) is 4.60. The standard InChI is InChI=1S/C27H26N4O3/c1-4-25-29-22-15-19(8-12-23(22)30(25)2)26(32)28-20-9-5-17-13-14-31(24(17)16-20)27(33)18-6-10-21(34-3)11-7-18/h5-12,15-16H,4,13-14H2,1-3H3,(H,28,32). The highest BCUT2D eigenvalue weighted by Crippen LogP contribution is 2.32. The molecule has 0 atom stereocenters. The number of rotatable bonds is 5. The Labute approximate surface area is 198 Å². The van der Waals surface area contributed by atoms with E-state index >= 15 is 0 Å². The molecule has 0 radical (unpaired) electrons. The molecular formula is C27H26N4O3. The van der Waals surface area contributed by atoms with E-state index in [-0.39, 0.29) is 11.8 Å². The molecular weight excluding hydrogens is 428 g/mol. The fourth-order valence-electron chi connectivity index (χ4n) is 4.47. The topological polar surface area (TPSA) is 76.5 Å². The fourth-order valence-corrected chi connectivity index (χ4v) is 4.47. The van der Waals surface area contributed by atoms with Gasteiger partial charge in [0, 0.05) is 42.5 Å². The van der Waals surface area contributed by atoms with Gasteiger partial charge in [-0.2, -0.15) is 0 Å². The quantitative estimate of drug-likeness (QED) is 0.478. The van der Waals surface area contributed by atoms with Gasteiger partial charge in [-0.05, 0) is 66.6 Å². The smallest absolute Gasteiger partial charge is 0.258 e. The highest BCUT2D eigenvalue weighted by atomic mass is 16.5. The van der Waals surface area contributed by atoms with E-state index in [2.05, 4.69) is 17.2 Å². The van der Waals surface area contributed by atoms with Gasteiger partial charge in [0.05, 0.1) is 18.1 Å². The lowest BCUT2D eigenvalue weighted by molar-refractivity contribution is 0.0988. The van der Waals surface area contributed by atoms with Crippen LogP contribution in [-0.4, -0.2) is 35.0 Å². The van der Waals surface area contributed by atoms with Crippen LogP contribution in [0.4, 0.5) is 11.4 Å². The zero-order valence-corrected chi connectivity index (χ0v) is 19.5. The van der Waals surface area contributed by atoms with Gasteiger partial charge in [-0.3, -0.25) is 9.59 Å². The Balaban J connectivity index is 1.37. The third-order valence-electron chi connectivity index (χ3n) is 6.37. The highest BCUT2D eigenvalue weighted by Gasteiger charge is 2.26. The molecule has 0 spiro atoms. The maximum Gasteiger partial charge on any atom is 0.258 e. The molecule has 0 bridgehead atoms. The molecule has 1 aliphatic rings. The van der Waals surface area contributed by atoms with E-state index in [1.54, 1.807) is 36.3 Å². The van der Waals surface area contributed by atoms with Crippen molar-refractivity contribution in [1.82, 2.24) is 9.55 Å². The summed E-state index contributed by atoms with van der Waals surface area (Å²) < 4.78 is 7.23. The third kappa shape index (κ3) is 3.79. The van der Waals surface area contributed by atoms with Crippen LogP contribution in [0, 0.1) is 0 Å². The first-order chi connectivity index (χ1) is 16.5. The predicted molar refractivity (Wildman–Crippen MR) is 133 cm³/mol. The van der Waals surface area contributed by atoms with Crippen molar-refractivity contribution in [3.63, 3.8) is 0 Å². The molecule has 7 heteroatoms. The number of aromatic nitrogens is 2. The number of nitrogens with one attached hydrogen (secondary N) is 1. The van der Waals surface area contributed by atoms with Crippen LogP contribution in [0.5, 0.6) is 5.75 Å². The molecule has 2 amide bonds. The lowest BCUT2D eigenvalue weighted by Gasteiger charge is -2.18. The van der Waals surface area contributed by atoms with Crippen LogP contribution in [-0.2, 0) is 19.9 Å². The van der Waals surface area contributed by atoms with E-state index in [0.717, 1.165) is 41.0 Å². The van der Waals surface area contributed by atoms with E-state index in [4.69, 9.17) is 4.74 Å². The van der Waals surface area contributed by atoms with Crippen molar-refractivity contribution >= 4 is 34.2 Å². The summed E-state index contributed by atoms with van der Waals surface area (Å²) in [4.78, 5) is 32.5. The molecule has 4 aromatic rings. The number of nitrogens with zero attached hydrogens (tertiary/aromatic N) is 3. The van der Waals surface area contributed by atoms with Crippen molar-refractivity contribution in [3.8, 4) is 5.75 Å². The second-order valence-electron chi connectivity index (χ2n) is 8.38. The van der Waals surface area contributed by atoms with Gasteiger partial charge in [-0.1, -0.05) is 13.0 Å². The molecule has 7 nitrogen and oxygen atoms in total. The Morgan fingerprint density at radius 3 is 2.53 bits per heavy atom. The van der Waals surface area contributed by atoms with Crippen molar-refractivity contribution in [2.75, 3.05) is 23.9 Å². The number of methoxy groups -OCH3 is 1. The summed E-state index contributed by atoms with van der Waals surface area (Å²) in [5, 5.41) is 2.97. The van der Waals surface area contributed by atoms with Gasteiger partial charge in [0.2, 0.25) is 0 Å². The zero-order chi connectivity index (χ0) is 23.8. The Hall–Kier alpha value is -4.13. The average molecular weight is 455 g/mol. The van der Waals surface area contributed by atoms with Crippen LogP contribution in [0.15, 0.2) is 60.7 Å². The number of hydrogen-bond acceptors (Lipinski definition) is 4. The van der Waals surface area contributed by atoms with Crippen LogP contribution >= 0.6 is 0 Å². The minimum atomic E-state index is -0.212. The number of benzene rings is 3. The lowest BCUT2D eigenvalue weighted by Crippen LogP contribution is -2.28. The molecule has 0 fully saturated rings. The number of carbonyl (C=O) groups excluding carboxylic acids is 2. The Morgan fingerprint density at radius 1 is 1.03 bits per heavy atom. The van der Waals surface area contributed by atoms with Gasteiger partial charge in [0.25, 0.3) is 11.8 Å². The second kappa shape index (κ2) is 8.67. The van der Waals surface area contributed by atoms with Crippen molar-refractivity contribution < 1.29 is 14.3 Å². The number of carbonyl (C=O) groups is 2. The first-order valence-electron chi connectivity index (χ1n) is 11.3. The van der Waals surface area contributed by atoms with Crippen molar-refractivity contribution in [2.24, 2.45) is 7.05 Å². The molecule has 0 saturated carbocycles. The minimum Gasteiger partial charge on any atom is -0.497 e. The van der Waals surface area contributed by atoms with Gasteiger partial charge in [-0.25, -0.2) is 4.98 Å². The monoisotopic (exact) mass is 454 g/mol. The molecule has 5 rings (SSSR count). The summed E-state index contributed by atoms with van der Waals surface area (Å²) >= 11 is 0. The van der Waals surface area contributed by atoms with Crippen molar-refractivity contribution in [2.45, 2.75) is 19.8 Å². The summed E-state index contributed by atoms with van der Waals surface area (Å²) in [6, 6.07) is 18.4. The van der Waals surface area contributed by atoms with Gasteiger partial charge < -0.3 is 19.5 Å². The summed E-state index contributed by atoms with van der Waals surface area (Å²) in [6.45, 7) is 2.67. The first kappa shape index (κ1) is 21.7. The first-order valence-corrected chi connectivity index (χ1v) is 11.3. The molecule has 1 aliphatic heterocycles. The van der Waals surface area contributed by atoms with E-state index in [1.807, 2.05) is 48.0 Å². The maximum absolute atomic E-state index is 13.1. The number of hydrogen-bond donors (Lipinski definition) is 1. The number of ether oxygens (including phenoxy) is 1. The molecule has 1 aromatic heterocycles. The van der Waals surface area contributed by atoms with Crippen molar-refractivity contribution in [3.05, 3.63) is 83.2 Å². The molecule has 1 N–H and O–H groups in total. The number of fused-ring (bicyclic) bond motifs is 2. The Morgan fingerprint density at radius 2 is 1.79 bits per heavy atom. The second-order valence-corrected chi connectivity index (χ2v) is 8.38. The Kier molecular flexibility index (Phi) is 5.53. The van der Waals surface area contributed by atoms with Crippen LogP contribution in [0.2, 0.25) is 0 Å². The SMILES string of the molecule is CCc1nc2cc(C(=O)Nc3ccc4c(c3)N(C(=O)c3ccc(OC)cc3)CC4)ccc2n1C. The van der Waals surface area contributed by atoms with E-state index in [9.17, 15) is 9.59 Å². The van der Waals surface area contributed by atoms with Crippen LogP contribution < -0.4 is 15.0 Å². The molecule has 2 heterocycles. The van der Waals surface area contributed by atoms with E-state index in [1.165, 1.54) is 0 Å². The minimum absolute atomic E-state index is 0.0720. The number of anilines is 2. The molecule has 3 aromatic carbocycles. The van der Waals surface area contributed by atoms with Crippen LogP contribution in [0.25, 0.3) is 11.0 Å². The fraction of sp³-hybridized carbons (Fsp3) is 0.222. The van der Waals surface area contributed by atoms with Gasteiger partial charge in [-0.15, -0.1) is 0 Å². The average Bonchev–Trinajstić information content (AvgIpc) is 3.43. The maximum atomic E-state index is 13.1. The molecule has 34 heavy (non-hydrogen) atoms. The van der Waals surface area contributed by atoms with Gasteiger partial charge in [0.15, 0.2) is 0 Å². The van der Waals surface area contributed by atoms with Crippen molar-refractivity contribution in [1.29, 1.82) is 0 Å². The van der Waals surface area contributed by atoms with Crippen LogP contribution in [0.1, 0.15) is 39.0 Å². The lowest BCUT2D eigenvalue weighted by atomic mass is 10.1. The van der Waals surface area contributed by atoms with E-state index < -0.39 is 0 Å². The zero-order valence-electron chi connectivity index (χ0n) is 19.5. The van der Waals surface area contributed by atoms with E-state index in [0.29, 0.717) is 29.1 Å². The third-order valence-corrected chi connectivity index (χ3v) is 6.37. The molecule has 0 unspecified atom stereocenters. The number of aryl methyl sites for hydroxylation is 2. The highest BCUT2D eigenvalue weighted by molar-refractivity contribution is 6.09.